The van der Waals surface area contributed by atoms with Gasteiger partial charge < -0.3 is 13.9 Å². The molecule has 0 amide bonds. The van der Waals surface area contributed by atoms with Crippen molar-refractivity contribution in [2.45, 2.75) is 26.9 Å². The Kier molecular flexibility index (Phi) is 3.82. The second-order valence-corrected chi connectivity index (χ2v) is 7.76. The van der Waals surface area contributed by atoms with Crippen molar-refractivity contribution < 1.29 is 4.74 Å². The van der Waals surface area contributed by atoms with E-state index in [1.165, 1.54) is 5.69 Å². The third-order valence-corrected chi connectivity index (χ3v) is 5.67. The maximum Gasteiger partial charge on any atom is 0.144 e. The Balaban J connectivity index is 1.66. The van der Waals surface area contributed by atoms with E-state index in [4.69, 9.17) is 14.7 Å². The molecule has 2 aromatic carbocycles. The van der Waals surface area contributed by atoms with Gasteiger partial charge in [-0.15, -0.1) is 0 Å². The van der Waals surface area contributed by atoms with Gasteiger partial charge in [-0.1, -0.05) is 28.1 Å². The summed E-state index contributed by atoms with van der Waals surface area (Å²) < 4.78 is 11.6. The zero-order valence-corrected chi connectivity index (χ0v) is 16.8. The van der Waals surface area contributed by atoms with Gasteiger partial charge in [0.2, 0.25) is 0 Å². The van der Waals surface area contributed by atoms with E-state index in [1.807, 2.05) is 18.2 Å². The van der Waals surface area contributed by atoms with Gasteiger partial charge in [0.05, 0.1) is 41.1 Å². The molecular formula is C21H19BrN4O. The lowest BCUT2D eigenvalue weighted by molar-refractivity contribution is 0.304. The molecule has 0 saturated carbocycles. The number of aromatic nitrogens is 4. The van der Waals surface area contributed by atoms with Crippen LogP contribution in [0.4, 0.5) is 0 Å². The fraction of sp³-hybridized carbons (Fsp3) is 0.238. The van der Waals surface area contributed by atoms with E-state index in [9.17, 15) is 0 Å². The molecule has 0 fully saturated rings. The van der Waals surface area contributed by atoms with E-state index in [0.29, 0.717) is 6.61 Å². The van der Waals surface area contributed by atoms with E-state index in [2.05, 4.69) is 63.2 Å². The minimum absolute atomic E-state index is 0.633. The number of para-hydroxylation sites is 2. The van der Waals surface area contributed by atoms with Crippen molar-refractivity contribution >= 4 is 27.0 Å². The number of fused-ring (bicyclic) bond motifs is 4. The highest BCUT2D eigenvalue weighted by Crippen LogP contribution is 2.35. The maximum absolute atomic E-state index is 5.97. The van der Waals surface area contributed by atoms with Gasteiger partial charge in [0.15, 0.2) is 0 Å². The van der Waals surface area contributed by atoms with Gasteiger partial charge in [-0.2, -0.15) is 0 Å². The standard InChI is InChI=1S/C21H19BrN4O/c1-13-19(12-26-14(2)24-17-5-3-4-6-18(17)26)25-9-10-27-20-8-7-15(22)11-16(20)21(25)23-13/h3-8,11H,9-10,12H2,1-2H3. The van der Waals surface area contributed by atoms with Crippen LogP contribution in [-0.2, 0) is 13.1 Å². The predicted octanol–water partition coefficient (Wildman–Crippen LogP) is 4.72. The van der Waals surface area contributed by atoms with Crippen molar-refractivity contribution in [1.29, 1.82) is 0 Å². The van der Waals surface area contributed by atoms with E-state index >= 15 is 0 Å². The van der Waals surface area contributed by atoms with E-state index in [0.717, 1.165) is 57.3 Å². The van der Waals surface area contributed by atoms with Gasteiger partial charge in [-0.25, -0.2) is 9.97 Å². The van der Waals surface area contributed by atoms with Crippen LogP contribution in [0.25, 0.3) is 22.4 Å². The summed E-state index contributed by atoms with van der Waals surface area (Å²) in [6, 6.07) is 14.4. The van der Waals surface area contributed by atoms with Gasteiger partial charge in [0.1, 0.15) is 24.0 Å². The molecule has 0 unspecified atom stereocenters. The normalized spacial score (nSPS) is 13.1. The largest absolute Gasteiger partial charge is 0.491 e. The maximum atomic E-state index is 5.97. The molecule has 3 heterocycles. The Labute approximate surface area is 165 Å². The first-order valence-corrected chi connectivity index (χ1v) is 9.82. The van der Waals surface area contributed by atoms with Crippen molar-refractivity contribution in [1.82, 2.24) is 19.1 Å². The summed E-state index contributed by atoms with van der Waals surface area (Å²) in [6.45, 7) is 6.31. The number of hydrogen-bond donors (Lipinski definition) is 0. The van der Waals surface area contributed by atoms with E-state index in [-0.39, 0.29) is 0 Å². The number of nitrogens with zero attached hydrogens (tertiary/aromatic N) is 4. The topological polar surface area (TPSA) is 44.9 Å². The number of aryl methyl sites for hydroxylation is 2. The van der Waals surface area contributed by atoms with Gasteiger partial charge in [-0.3, -0.25) is 0 Å². The van der Waals surface area contributed by atoms with Crippen LogP contribution in [0.2, 0.25) is 0 Å². The van der Waals surface area contributed by atoms with Crippen LogP contribution in [0.15, 0.2) is 46.9 Å². The molecule has 4 aromatic rings. The van der Waals surface area contributed by atoms with Gasteiger partial charge in [0, 0.05) is 4.47 Å². The quantitative estimate of drug-likeness (QED) is 0.469. The molecule has 5 rings (SSSR count). The second-order valence-electron chi connectivity index (χ2n) is 6.84. The zero-order valence-electron chi connectivity index (χ0n) is 15.2. The second kappa shape index (κ2) is 6.23. The highest BCUT2D eigenvalue weighted by atomic mass is 79.9. The van der Waals surface area contributed by atoms with Crippen LogP contribution in [0.5, 0.6) is 5.75 Å². The Hall–Kier alpha value is -2.60. The first kappa shape index (κ1) is 16.6. The fourth-order valence-electron chi connectivity index (χ4n) is 3.85. The summed E-state index contributed by atoms with van der Waals surface area (Å²) in [5, 5.41) is 0. The minimum Gasteiger partial charge on any atom is -0.491 e. The highest BCUT2D eigenvalue weighted by Gasteiger charge is 2.23. The molecule has 5 nitrogen and oxygen atoms in total. The third kappa shape index (κ3) is 2.67. The number of rotatable bonds is 2. The number of ether oxygens (including phenoxy) is 1. The molecule has 0 atom stereocenters. The third-order valence-electron chi connectivity index (χ3n) is 5.18. The number of halogens is 1. The molecule has 1 aliphatic heterocycles. The SMILES string of the molecule is Cc1nc2n(c1Cn1c(C)nc3ccccc31)CCOc1ccc(Br)cc1-2. The zero-order chi connectivity index (χ0) is 18.5. The monoisotopic (exact) mass is 422 g/mol. The fourth-order valence-corrected chi connectivity index (χ4v) is 4.21. The molecule has 0 saturated heterocycles. The molecule has 2 aromatic heterocycles. The van der Waals surface area contributed by atoms with E-state index in [1.54, 1.807) is 0 Å². The van der Waals surface area contributed by atoms with Crippen molar-refractivity contribution in [3.05, 3.63) is 64.1 Å². The average Bonchev–Trinajstić information content (AvgIpc) is 3.07. The summed E-state index contributed by atoms with van der Waals surface area (Å²) in [7, 11) is 0. The summed E-state index contributed by atoms with van der Waals surface area (Å²) in [5.74, 6) is 2.87. The smallest absolute Gasteiger partial charge is 0.144 e. The molecule has 0 aliphatic carbocycles. The summed E-state index contributed by atoms with van der Waals surface area (Å²) in [6.07, 6.45) is 0. The van der Waals surface area contributed by atoms with Crippen molar-refractivity contribution in [3.63, 3.8) is 0 Å². The predicted molar refractivity (Wildman–Crippen MR) is 109 cm³/mol. The van der Waals surface area contributed by atoms with Gasteiger partial charge in [0.25, 0.3) is 0 Å². The van der Waals surface area contributed by atoms with E-state index < -0.39 is 0 Å². The van der Waals surface area contributed by atoms with Crippen LogP contribution in [0.3, 0.4) is 0 Å². The molecule has 6 heteroatoms. The van der Waals surface area contributed by atoms with Crippen molar-refractivity contribution in [3.8, 4) is 17.1 Å². The van der Waals surface area contributed by atoms with Crippen LogP contribution >= 0.6 is 15.9 Å². The molecule has 0 N–H and O–H groups in total. The number of hydrogen-bond acceptors (Lipinski definition) is 3. The van der Waals surface area contributed by atoms with Gasteiger partial charge in [-0.05, 0) is 44.2 Å². The van der Waals surface area contributed by atoms with Crippen molar-refractivity contribution in [2.75, 3.05) is 6.61 Å². The first-order chi connectivity index (χ1) is 13.1. The van der Waals surface area contributed by atoms with Crippen LogP contribution in [0.1, 0.15) is 17.2 Å². The van der Waals surface area contributed by atoms with Crippen molar-refractivity contribution in [2.24, 2.45) is 0 Å². The Morgan fingerprint density at radius 3 is 2.85 bits per heavy atom. The van der Waals surface area contributed by atoms with Crippen LogP contribution < -0.4 is 4.74 Å². The lowest BCUT2D eigenvalue weighted by atomic mass is 10.2. The molecule has 0 radical (unpaired) electrons. The summed E-state index contributed by atoms with van der Waals surface area (Å²) in [4.78, 5) is 9.62. The van der Waals surface area contributed by atoms with Crippen LogP contribution in [-0.4, -0.2) is 25.7 Å². The highest BCUT2D eigenvalue weighted by molar-refractivity contribution is 9.10. The summed E-state index contributed by atoms with van der Waals surface area (Å²) in [5.41, 5.74) is 5.46. The molecule has 136 valence electrons. The Bertz CT molecular complexity index is 1170. The lowest BCUT2D eigenvalue weighted by Gasteiger charge is -2.12. The summed E-state index contributed by atoms with van der Waals surface area (Å²) >= 11 is 3.57. The minimum atomic E-state index is 0.633. The Morgan fingerprint density at radius 2 is 1.96 bits per heavy atom. The average molecular weight is 423 g/mol. The lowest BCUT2D eigenvalue weighted by Crippen LogP contribution is -2.13. The molecule has 1 aliphatic rings. The van der Waals surface area contributed by atoms with Gasteiger partial charge >= 0.3 is 0 Å². The Morgan fingerprint density at radius 1 is 1.11 bits per heavy atom. The van der Waals surface area contributed by atoms with Crippen LogP contribution in [0, 0.1) is 13.8 Å². The molecular weight excluding hydrogens is 404 g/mol. The molecule has 0 spiro atoms. The molecule has 0 bridgehead atoms. The molecule has 27 heavy (non-hydrogen) atoms. The number of imidazole rings is 2. The number of benzene rings is 2. The first-order valence-electron chi connectivity index (χ1n) is 9.02.